The molecule has 2 rings (SSSR count). The molecule has 0 amide bonds. The van der Waals surface area contributed by atoms with Crippen molar-refractivity contribution in [3.8, 4) is 11.4 Å². The molecule has 0 bridgehead atoms. The Morgan fingerprint density at radius 3 is 2.43 bits per heavy atom. The van der Waals surface area contributed by atoms with E-state index in [-0.39, 0.29) is 6.15 Å². The molecule has 2 heterocycles. The number of rotatable bonds is 1. The molecule has 0 saturated carbocycles. The molecule has 0 aromatic carbocycles. The molecular formula is C9H13N5. The van der Waals surface area contributed by atoms with Crippen LogP contribution in [0.4, 0.5) is 0 Å². The number of hydrogen-bond donors (Lipinski definition) is 1. The van der Waals surface area contributed by atoms with Gasteiger partial charge in [-0.3, -0.25) is 4.98 Å². The summed E-state index contributed by atoms with van der Waals surface area (Å²) < 4.78 is 0. The van der Waals surface area contributed by atoms with Crippen molar-refractivity contribution in [2.24, 2.45) is 7.05 Å². The first-order valence-corrected chi connectivity index (χ1v) is 4.05. The van der Waals surface area contributed by atoms with Crippen LogP contribution in [0.5, 0.6) is 0 Å². The van der Waals surface area contributed by atoms with E-state index in [1.54, 1.807) is 13.2 Å². The highest BCUT2D eigenvalue weighted by Gasteiger charge is 2.01. The minimum absolute atomic E-state index is 0. The summed E-state index contributed by atoms with van der Waals surface area (Å²) in [5.74, 6) is 0. The van der Waals surface area contributed by atoms with Gasteiger partial charge in [0.15, 0.2) is 0 Å². The van der Waals surface area contributed by atoms with Crippen molar-refractivity contribution < 1.29 is 0 Å². The van der Waals surface area contributed by atoms with Crippen molar-refractivity contribution in [2.45, 2.75) is 6.92 Å². The van der Waals surface area contributed by atoms with Gasteiger partial charge in [-0.1, -0.05) is 6.07 Å². The predicted octanol–water partition coefficient (Wildman–Crippen LogP) is 1.35. The maximum absolute atomic E-state index is 4.25. The van der Waals surface area contributed by atoms with Crippen LogP contribution in [-0.2, 0) is 7.05 Å². The Morgan fingerprint density at radius 1 is 1.14 bits per heavy atom. The topological polar surface area (TPSA) is 78.6 Å². The second-order valence-electron chi connectivity index (χ2n) is 2.94. The molecule has 74 valence electrons. The van der Waals surface area contributed by atoms with E-state index in [0.29, 0.717) is 0 Å². The van der Waals surface area contributed by atoms with Crippen LogP contribution in [0.25, 0.3) is 11.4 Å². The van der Waals surface area contributed by atoms with Crippen molar-refractivity contribution >= 4 is 0 Å². The lowest BCUT2D eigenvalue weighted by Crippen LogP contribution is -1.92. The first-order chi connectivity index (χ1) is 6.25. The molecule has 0 unspecified atom stereocenters. The lowest BCUT2D eigenvalue weighted by atomic mass is 10.2. The second kappa shape index (κ2) is 3.97. The SMILES string of the molecule is Cc1ccc(-c2cnn(C)n2)nc1.N. The van der Waals surface area contributed by atoms with Crippen molar-refractivity contribution in [1.82, 2.24) is 26.1 Å². The van der Waals surface area contributed by atoms with Crippen LogP contribution < -0.4 is 6.15 Å². The molecule has 0 saturated heterocycles. The Bertz CT molecular complexity index is 403. The van der Waals surface area contributed by atoms with E-state index in [9.17, 15) is 0 Å². The highest BCUT2D eigenvalue weighted by Crippen LogP contribution is 2.11. The molecule has 14 heavy (non-hydrogen) atoms. The smallest absolute Gasteiger partial charge is 0.131 e. The number of hydrogen-bond acceptors (Lipinski definition) is 4. The van der Waals surface area contributed by atoms with Crippen molar-refractivity contribution in [1.29, 1.82) is 0 Å². The van der Waals surface area contributed by atoms with Gasteiger partial charge in [0, 0.05) is 13.2 Å². The van der Waals surface area contributed by atoms with Gasteiger partial charge < -0.3 is 6.15 Å². The third-order valence-electron chi connectivity index (χ3n) is 1.77. The Morgan fingerprint density at radius 2 is 1.93 bits per heavy atom. The fourth-order valence-electron chi connectivity index (χ4n) is 1.08. The largest absolute Gasteiger partial charge is 0.344 e. The maximum Gasteiger partial charge on any atom is 0.131 e. The third kappa shape index (κ3) is 1.94. The summed E-state index contributed by atoms with van der Waals surface area (Å²) in [5, 5.41) is 8.13. The van der Waals surface area contributed by atoms with Gasteiger partial charge in [0.05, 0.1) is 11.9 Å². The molecule has 0 spiro atoms. The molecule has 0 aliphatic heterocycles. The van der Waals surface area contributed by atoms with Gasteiger partial charge in [-0.25, -0.2) is 0 Å². The van der Waals surface area contributed by atoms with E-state index in [1.165, 1.54) is 4.80 Å². The van der Waals surface area contributed by atoms with Gasteiger partial charge in [0.25, 0.3) is 0 Å². The fourth-order valence-corrected chi connectivity index (χ4v) is 1.08. The first-order valence-electron chi connectivity index (χ1n) is 4.05. The van der Waals surface area contributed by atoms with Crippen LogP contribution in [-0.4, -0.2) is 20.0 Å². The maximum atomic E-state index is 4.25. The molecule has 0 aliphatic rings. The quantitative estimate of drug-likeness (QED) is 0.737. The van der Waals surface area contributed by atoms with Gasteiger partial charge in [-0.15, -0.1) is 0 Å². The first kappa shape index (κ1) is 10.3. The lowest BCUT2D eigenvalue weighted by Gasteiger charge is -1.94. The Labute approximate surface area is 82.4 Å². The average Bonchev–Trinajstić information content (AvgIpc) is 2.53. The summed E-state index contributed by atoms with van der Waals surface area (Å²) in [6.45, 7) is 2.01. The normalized spacial score (nSPS) is 9.57. The molecule has 0 atom stereocenters. The molecule has 0 radical (unpaired) electrons. The Kier molecular flexibility index (Phi) is 2.93. The van der Waals surface area contributed by atoms with Crippen LogP contribution in [0.15, 0.2) is 24.5 Å². The van der Waals surface area contributed by atoms with E-state index in [0.717, 1.165) is 17.0 Å². The minimum atomic E-state index is 0. The molecule has 2 aromatic heterocycles. The summed E-state index contributed by atoms with van der Waals surface area (Å²) >= 11 is 0. The van der Waals surface area contributed by atoms with Gasteiger partial charge in [0.2, 0.25) is 0 Å². The number of aryl methyl sites for hydroxylation is 2. The van der Waals surface area contributed by atoms with Crippen LogP contribution in [0.3, 0.4) is 0 Å². The summed E-state index contributed by atoms with van der Waals surface area (Å²) in [5.41, 5.74) is 2.81. The predicted molar refractivity (Wildman–Crippen MR) is 54.0 cm³/mol. The van der Waals surface area contributed by atoms with E-state index in [1.807, 2.05) is 25.3 Å². The highest BCUT2D eigenvalue weighted by atomic mass is 15.4. The van der Waals surface area contributed by atoms with E-state index < -0.39 is 0 Å². The molecule has 5 nitrogen and oxygen atoms in total. The average molecular weight is 191 g/mol. The number of pyridine rings is 1. The van der Waals surface area contributed by atoms with Crippen LogP contribution >= 0.6 is 0 Å². The molecular weight excluding hydrogens is 178 g/mol. The van der Waals surface area contributed by atoms with Crippen LogP contribution in [0.1, 0.15) is 5.56 Å². The zero-order chi connectivity index (χ0) is 9.26. The second-order valence-corrected chi connectivity index (χ2v) is 2.94. The van der Waals surface area contributed by atoms with Crippen molar-refractivity contribution in [2.75, 3.05) is 0 Å². The van der Waals surface area contributed by atoms with Crippen molar-refractivity contribution in [3.05, 3.63) is 30.1 Å². The molecule has 0 fully saturated rings. The summed E-state index contributed by atoms with van der Waals surface area (Å²) in [4.78, 5) is 5.77. The molecule has 0 aliphatic carbocycles. The number of nitrogens with zero attached hydrogens (tertiary/aromatic N) is 4. The van der Waals surface area contributed by atoms with E-state index >= 15 is 0 Å². The highest BCUT2D eigenvalue weighted by molar-refractivity contribution is 5.51. The zero-order valence-electron chi connectivity index (χ0n) is 8.31. The van der Waals surface area contributed by atoms with Gasteiger partial charge >= 0.3 is 0 Å². The van der Waals surface area contributed by atoms with Gasteiger partial charge in [-0.2, -0.15) is 15.0 Å². The third-order valence-corrected chi connectivity index (χ3v) is 1.77. The molecule has 5 heteroatoms. The summed E-state index contributed by atoms with van der Waals surface area (Å²) in [7, 11) is 1.79. The molecule has 2 aromatic rings. The van der Waals surface area contributed by atoms with Crippen LogP contribution in [0.2, 0.25) is 0 Å². The standard InChI is InChI=1S/C9H10N4.H3N/c1-7-3-4-8(10-5-7)9-6-11-13(2)12-9;/h3-6H,1-2H3;1H3. The van der Waals surface area contributed by atoms with Gasteiger partial charge in [0.1, 0.15) is 5.69 Å². The van der Waals surface area contributed by atoms with E-state index in [4.69, 9.17) is 0 Å². The monoisotopic (exact) mass is 191 g/mol. The van der Waals surface area contributed by atoms with Gasteiger partial charge in [-0.05, 0) is 18.6 Å². The minimum Gasteiger partial charge on any atom is -0.344 e. The summed E-state index contributed by atoms with van der Waals surface area (Å²) in [6, 6.07) is 3.95. The zero-order valence-corrected chi connectivity index (χ0v) is 8.31. The lowest BCUT2D eigenvalue weighted by molar-refractivity contribution is 0.655. The molecule has 3 N–H and O–H groups in total. The Balaban J connectivity index is 0.000000980. The van der Waals surface area contributed by atoms with E-state index in [2.05, 4.69) is 15.2 Å². The van der Waals surface area contributed by atoms with Crippen LogP contribution in [0, 0.1) is 6.92 Å². The fraction of sp³-hybridized carbons (Fsp3) is 0.222. The van der Waals surface area contributed by atoms with Crippen molar-refractivity contribution in [3.63, 3.8) is 0 Å². The Hall–Kier alpha value is -1.75. The summed E-state index contributed by atoms with van der Waals surface area (Å²) in [6.07, 6.45) is 3.53. The number of aromatic nitrogens is 4.